The molecule has 0 spiro atoms. The zero-order valence-electron chi connectivity index (χ0n) is 14.6. The van der Waals surface area contributed by atoms with Crippen LogP contribution in [0.15, 0.2) is 22.8 Å². The number of carbonyl (C=O) groups is 2. The van der Waals surface area contributed by atoms with E-state index in [9.17, 15) is 9.59 Å². The predicted octanol–water partition coefficient (Wildman–Crippen LogP) is 1.91. The summed E-state index contributed by atoms with van der Waals surface area (Å²) < 4.78 is 5.10. The highest BCUT2D eigenvalue weighted by Gasteiger charge is 2.32. The van der Waals surface area contributed by atoms with Gasteiger partial charge in [-0.3, -0.25) is 9.59 Å². The van der Waals surface area contributed by atoms with E-state index in [1.165, 1.54) is 6.26 Å². The number of piperidine rings is 1. The molecule has 2 rings (SSSR count). The Morgan fingerprint density at radius 2 is 2.17 bits per heavy atom. The van der Waals surface area contributed by atoms with Gasteiger partial charge in [0.15, 0.2) is 5.76 Å². The van der Waals surface area contributed by atoms with E-state index in [0.717, 1.165) is 32.5 Å². The number of carbonyl (C=O) groups excluding carboxylic acids is 2. The molecule has 7 heteroatoms. The Kier molecular flexibility index (Phi) is 8.28. The first-order valence-electron chi connectivity index (χ1n) is 8.30. The minimum Gasteiger partial charge on any atom is -0.459 e. The van der Waals surface area contributed by atoms with E-state index in [-0.39, 0.29) is 35.9 Å². The zero-order valence-corrected chi connectivity index (χ0v) is 15.4. The van der Waals surface area contributed by atoms with Gasteiger partial charge in [-0.05, 0) is 50.4 Å². The Balaban J connectivity index is 0.00000288. The van der Waals surface area contributed by atoms with Crippen LogP contribution < -0.4 is 10.6 Å². The maximum absolute atomic E-state index is 12.9. The molecule has 136 valence electrons. The first-order chi connectivity index (χ1) is 11.0. The van der Waals surface area contributed by atoms with E-state index in [4.69, 9.17) is 4.42 Å². The van der Waals surface area contributed by atoms with Crippen LogP contribution in [0.2, 0.25) is 0 Å². The summed E-state index contributed by atoms with van der Waals surface area (Å²) in [7, 11) is 1.93. The second kappa shape index (κ2) is 9.69. The van der Waals surface area contributed by atoms with E-state index in [1.807, 2.05) is 25.8 Å². The summed E-state index contributed by atoms with van der Waals surface area (Å²) in [6, 6.07) is 2.73. The first-order valence-corrected chi connectivity index (χ1v) is 8.30. The molecule has 0 saturated carbocycles. The molecule has 2 atom stereocenters. The van der Waals surface area contributed by atoms with Gasteiger partial charge in [-0.25, -0.2) is 0 Å². The van der Waals surface area contributed by atoms with E-state index in [0.29, 0.717) is 5.92 Å². The molecule has 0 radical (unpaired) electrons. The van der Waals surface area contributed by atoms with Crippen molar-refractivity contribution >= 4 is 24.2 Å². The molecular formula is C17H28ClN3O3. The number of likely N-dealkylation sites (tertiary alicyclic amines) is 1. The van der Waals surface area contributed by atoms with Crippen molar-refractivity contribution in [2.24, 2.45) is 11.8 Å². The number of halogens is 1. The molecule has 6 nitrogen and oxygen atoms in total. The molecule has 0 aliphatic carbocycles. The Hall–Kier alpha value is -1.53. The van der Waals surface area contributed by atoms with Crippen LogP contribution in [0, 0.1) is 11.8 Å². The molecule has 2 amide bonds. The summed E-state index contributed by atoms with van der Waals surface area (Å²) >= 11 is 0. The molecule has 2 N–H and O–H groups in total. The monoisotopic (exact) mass is 357 g/mol. The summed E-state index contributed by atoms with van der Waals surface area (Å²) in [5.74, 6) is 0.388. The van der Waals surface area contributed by atoms with Crippen molar-refractivity contribution in [3.8, 4) is 0 Å². The van der Waals surface area contributed by atoms with E-state index < -0.39 is 6.04 Å². The second-order valence-corrected chi connectivity index (χ2v) is 6.52. The van der Waals surface area contributed by atoms with Crippen molar-refractivity contribution in [3.63, 3.8) is 0 Å². The van der Waals surface area contributed by atoms with Crippen molar-refractivity contribution in [3.05, 3.63) is 24.2 Å². The Morgan fingerprint density at radius 3 is 2.75 bits per heavy atom. The van der Waals surface area contributed by atoms with Gasteiger partial charge in [-0.1, -0.05) is 13.8 Å². The van der Waals surface area contributed by atoms with Crippen LogP contribution in [0.3, 0.4) is 0 Å². The third kappa shape index (κ3) is 5.24. The Labute approximate surface area is 149 Å². The topological polar surface area (TPSA) is 74.6 Å². The zero-order chi connectivity index (χ0) is 16.8. The number of nitrogens with one attached hydrogen (secondary N) is 2. The SMILES string of the molecule is CNCC1CCCN(C(=O)C(NC(=O)c2ccco2)C(C)C)C1.Cl. The average molecular weight is 358 g/mol. The van der Waals surface area contributed by atoms with Crippen LogP contribution in [-0.2, 0) is 4.79 Å². The van der Waals surface area contributed by atoms with Crippen LogP contribution in [0.25, 0.3) is 0 Å². The van der Waals surface area contributed by atoms with Gasteiger partial charge in [-0.2, -0.15) is 0 Å². The van der Waals surface area contributed by atoms with Crippen LogP contribution in [0.5, 0.6) is 0 Å². The minimum atomic E-state index is -0.527. The Bertz CT molecular complexity index is 517. The smallest absolute Gasteiger partial charge is 0.287 e. The van der Waals surface area contributed by atoms with Gasteiger partial charge in [-0.15, -0.1) is 12.4 Å². The van der Waals surface area contributed by atoms with Crippen molar-refractivity contribution in [2.45, 2.75) is 32.7 Å². The van der Waals surface area contributed by atoms with Gasteiger partial charge in [0, 0.05) is 13.1 Å². The van der Waals surface area contributed by atoms with Gasteiger partial charge in [0.05, 0.1) is 6.26 Å². The summed E-state index contributed by atoms with van der Waals surface area (Å²) in [5, 5.41) is 6.00. The fourth-order valence-electron chi connectivity index (χ4n) is 3.05. The fraction of sp³-hybridized carbons (Fsp3) is 0.647. The fourth-order valence-corrected chi connectivity index (χ4v) is 3.05. The molecule has 2 heterocycles. The van der Waals surface area contributed by atoms with E-state index in [1.54, 1.807) is 12.1 Å². The molecule has 1 aliphatic heterocycles. The summed E-state index contributed by atoms with van der Waals surface area (Å²) in [6.45, 7) is 6.31. The van der Waals surface area contributed by atoms with Crippen LogP contribution in [-0.4, -0.2) is 49.4 Å². The standard InChI is InChI=1S/C17H27N3O3.ClH/c1-12(2)15(19-16(21)14-7-5-9-23-14)17(22)20-8-4-6-13(11-20)10-18-3;/h5,7,9,12-13,15,18H,4,6,8,10-11H2,1-3H3,(H,19,21);1H. The highest BCUT2D eigenvalue weighted by Crippen LogP contribution is 2.18. The molecule has 2 unspecified atom stereocenters. The summed E-state index contributed by atoms with van der Waals surface area (Å²) in [6.07, 6.45) is 3.60. The third-order valence-electron chi connectivity index (χ3n) is 4.29. The lowest BCUT2D eigenvalue weighted by Crippen LogP contribution is -2.54. The molecule has 0 bridgehead atoms. The Morgan fingerprint density at radius 1 is 1.42 bits per heavy atom. The lowest BCUT2D eigenvalue weighted by molar-refractivity contribution is -0.136. The van der Waals surface area contributed by atoms with Crippen LogP contribution >= 0.6 is 12.4 Å². The van der Waals surface area contributed by atoms with Gasteiger partial charge in [0.2, 0.25) is 5.91 Å². The molecule has 1 aliphatic rings. The molecule has 1 aromatic rings. The number of hydrogen-bond acceptors (Lipinski definition) is 4. The molecule has 1 aromatic heterocycles. The van der Waals surface area contributed by atoms with E-state index in [2.05, 4.69) is 10.6 Å². The highest BCUT2D eigenvalue weighted by atomic mass is 35.5. The quantitative estimate of drug-likeness (QED) is 0.815. The lowest BCUT2D eigenvalue weighted by atomic mass is 9.95. The first kappa shape index (κ1) is 20.5. The van der Waals surface area contributed by atoms with Gasteiger partial charge in [0.1, 0.15) is 6.04 Å². The van der Waals surface area contributed by atoms with E-state index >= 15 is 0 Å². The number of furan rings is 1. The van der Waals surface area contributed by atoms with Crippen LogP contribution in [0.1, 0.15) is 37.2 Å². The van der Waals surface area contributed by atoms with Crippen molar-refractivity contribution in [1.82, 2.24) is 15.5 Å². The predicted molar refractivity (Wildman–Crippen MR) is 95.3 cm³/mol. The molecular weight excluding hydrogens is 330 g/mol. The number of amides is 2. The van der Waals surface area contributed by atoms with Crippen LogP contribution in [0.4, 0.5) is 0 Å². The van der Waals surface area contributed by atoms with Crippen molar-refractivity contribution in [1.29, 1.82) is 0 Å². The molecule has 0 aromatic carbocycles. The lowest BCUT2D eigenvalue weighted by Gasteiger charge is -2.36. The van der Waals surface area contributed by atoms with Crippen molar-refractivity contribution < 1.29 is 14.0 Å². The maximum atomic E-state index is 12.9. The number of nitrogens with zero attached hydrogens (tertiary/aromatic N) is 1. The number of hydrogen-bond donors (Lipinski definition) is 2. The number of rotatable bonds is 6. The van der Waals surface area contributed by atoms with Gasteiger partial charge in [0.25, 0.3) is 5.91 Å². The normalized spacial score (nSPS) is 18.8. The molecule has 24 heavy (non-hydrogen) atoms. The second-order valence-electron chi connectivity index (χ2n) is 6.52. The maximum Gasteiger partial charge on any atom is 0.287 e. The average Bonchev–Trinajstić information content (AvgIpc) is 3.06. The third-order valence-corrected chi connectivity index (χ3v) is 4.29. The molecule has 1 fully saturated rings. The van der Waals surface area contributed by atoms with Gasteiger partial charge < -0.3 is 20.0 Å². The van der Waals surface area contributed by atoms with Crippen molar-refractivity contribution in [2.75, 3.05) is 26.7 Å². The summed E-state index contributed by atoms with van der Waals surface area (Å²) in [5.41, 5.74) is 0. The molecule has 1 saturated heterocycles. The van der Waals surface area contributed by atoms with Gasteiger partial charge >= 0.3 is 0 Å². The largest absolute Gasteiger partial charge is 0.459 e. The highest BCUT2D eigenvalue weighted by molar-refractivity contribution is 5.95. The minimum absolute atomic E-state index is 0. The summed E-state index contributed by atoms with van der Waals surface area (Å²) in [4.78, 5) is 26.9.